The van der Waals surface area contributed by atoms with Crippen LogP contribution in [0.3, 0.4) is 0 Å². The standard InChI is InChI=1S/C20H25ClN4O/c1-14-9-16(21)10-19(15(14)2)23-20-4-3-17(11-22-20)24-5-7-25(8-6-24)18-12-26-13-18/h3-4,9-11,18H,5-8,12-13H2,1-2H3,(H,22,23). The number of benzene rings is 1. The average molecular weight is 373 g/mol. The molecule has 2 fully saturated rings. The number of aryl methyl sites for hydroxylation is 1. The molecule has 0 atom stereocenters. The van der Waals surface area contributed by atoms with Crippen molar-refractivity contribution in [1.82, 2.24) is 9.88 Å². The van der Waals surface area contributed by atoms with E-state index in [9.17, 15) is 0 Å². The number of anilines is 3. The third-order valence-electron chi connectivity index (χ3n) is 5.46. The van der Waals surface area contributed by atoms with E-state index in [0.29, 0.717) is 6.04 Å². The van der Waals surface area contributed by atoms with E-state index < -0.39 is 0 Å². The van der Waals surface area contributed by atoms with Crippen molar-refractivity contribution in [2.75, 3.05) is 49.6 Å². The Morgan fingerprint density at radius 2 is 1.88 bits per heavy atom. The molecule has 4 rings (SSSR count). The summed E-state index contributed by atoms with van der Waals surface area (Å²) in [5.41, 5.74) is 4.55. The first-order valence-electron chi connectivity index (χ1n) is 9.17. The Bertz CT molecular complexity index is 768. The molecule has 0 saturated carbocycles. The predicted octanol–water partition coefficient (Wildman–Crippen LogP) is 3.62. The van der Waals surface area contributed by atoms with Gasteiger partial charge >= 0.3 is 0 Å². The van der Waals surface area contributed by atoms with Gasteiger partial charge in [0.25, 0.3) is 0 Å². The van der Waals surface area contributed by atoms with Gasteiger partial charge in [-0.3, -0.25) is 4.90 Å². The van der Waals surface area contributed by atoms with Crippen molar-refractivity contribution >= 4 is 28.8 Å². The van der Waals surface area contributed by atoms with E-state index in [0.717, 1.165) is 55.9 Å². The third kappa shape index (κ3) is 3.65. The van der Waals surface area contributed by atoms with E-state index in [1.54, 1.807) is 0 Å². The highest BCUT2D eigenvalue weighted by Crippen LogP contribution is 2.27. The average Bonchev–Trinajstić information content (AvgIpc) is 2.59. The Hall–Kier alpha value is -1.82. The van der Waals surface area contributed by atoms with Crippen molar-refractivity contribution in [3.05, 3.63) is 46.6 Å². The molecule has 0 aliphatic carbocycles. The van der Waals surface area contributed by atoms with E-state index in [2.05, 4.69) is 40.0 Å². The van der Waals surface area contributed by atoms with Crippen LogP contribution in [-0.2, 0) is 4.74 Å². The van der Waals surface area contributed by atoms with Crippen LogP contribution >= 0.6 is 11.6 Å². The van der Waals surface area contributed by atoms with Gasteiger partial charge in [-0.1, -0.05) is 11.6 Å². The van der Waals surface area contributed by atoms with Crippen molar-refractivity contribution in [1.29, 1.82) is 0 Å². The molecular formula is C20H25ClN4O. The smallest absolute Gasteiger partial charge is 0.130 e. The molecule has 3 heterocycles. The Morgan fingerprint density at radius 1 is 1.12 bits per heavy atom. The van der Waals surface area contributed by atoms with E-state index in [-0.39, 0.29) is 0 Å². The molecule has 0 spiro atoms. The lowest BCUT2D eigenvalue weighted by Crippen LogP contribution is -2.56. The van der Waals surface area contributed by atoms with Crippen molar-refractivity contribution in [3.8, 4) is 0 Å². The monoisotopic (exact) mass is 372 g/mol. The number of pyridine rings is 1. The second kappa shape index (κ2) is 7.43. The summed E-state index contributed by atoms with van der Waals surface area (Å²) in [4.78, 5) is 9.54. The van der Waals surface area contributed by atoms with Crippen LogP contribution in [0.4, 0.5) is 17.2 Å². The fraction of sp³-hybridized carbons (Fsp3) is 0.450. The van der Waals surface area contributed by atoms with Crippen LogP contribution in [0.1, 0.15) is 11.1 Å². The molecule has 0 radical (unpaired) electrons. The van der Waals surface area contributed by atoms with Crippen LogP contribution in [0, 0.1) is 13.8 Å². The fourth-order valence-electron chi connectivity index (χ4n) is 3.51. The van der Waals surface area contributed by atoms with Gasteiger partial charge in [0, 0.05) is 36.9 Å². The Kier molecular flexibility index (Phi) is 5.02. The Morgan fingerprint density at radius 3 is 2.50 bits per heavy atom. The molecule has 1 N–H and O–H groups in total. The number of hydrogen-bond donors (Lipinski definition) is 1. The van der Waals surface area contributed by atoms with Gasteiger partial charge in [-0.15, -0.1) is 0 Å². The van der Waals surface area contributed by atoms with Gasteiger partial charge < -0.3 is 15.0 Å². The van der Waals surface area contributed by atoms with Gasteiger partial charge in [-0.2, -0.15) is 0 Å². The topological polar surface area (TPSA) is 40.6 Å². The van der Waals surface area contributed by atoms with E-state index in [1.807, 2.05) is 24.4 Å². The lowest BCUT2D eigenvalue weighted by molar-refractivity contribution is -0.0660. The number of rotatable bonds is 4. The maximum Gasteiger partial charge on any atom is 0.130 e. The van der Waals surface area contributed by atoms with Crippen LogP contribution in [0.2, 0.25) is 5.02 Å². The molecule has 0 unspecified atom stereocenters. The van der Waals surface area contributed by atoms with Crippen LogP contribution < -0.4 is 10.2 Å². The highest BCUT2D eigenvalue weighted by molar-refractivity contribution is 6.31. The van der Waals surface area contributed by atoms with Gasteiger partial charge in [-0.05, 0) is 49.2 Å². The molecule has 1 aromatic carbocycles. The second-order valence-electron chi connectivity index (χ2n) is 7.14. The summed E-state index contributed by atoms with van der Waals surface area (Å²) >= 11 is 6.18. The first-order valence-corrected chi connectivity index (χ1v) is 9.54. The summed E-state index contributed by atoms with van der Waals surface area (Å²) in [5, 5.41) is 4.12. The summed E-state index contributed by atoms with van der Waals surface area (Å²) in [6.07, 6.45) is 1.96. The quantitative estimate of drug-likeness (QED) is 0.887. The van der Waals surface area contributed by atoms with Crippen molar-refractivity contribution in [3.63, 3.8) is 0 Å². The SMILES string of the molecule is Cc1cc(Cl)cc(Nc2ccc(N3CCN(C4COC4)CC3)cn2)c1C. The molecule has 2 aromatic rings. The van der Waals surface area contributed by atoms with Gasteiger partial charge in [0.2, 0.25) is 0 Å². The molecule has 6 heteroatoms. The predicted molar refractivity (Wildman–Crippen MR) is 107 cm³/mol. The Labute approximate surface area is 159 Å². The molecule has 26 heavy (non-hydrogen) atoms. The largest absolute Gasteiger partial charge is 0.378 e. The summed E-state index contributed by atoms with van der Waals surface area (Å²) < 4.78 is 5.30. The summed E-state index contributed by atoms with van der Waals surface area (Å²) in [6.45, 7) is 10.2. The van der Waals surface area contributed by atoms with E-state index in [1.165, 1.54) is 16.8 Å². The normalized spacial score (nSPS) is 18.7. The maximum atomic E-state index is 6.18. The van der Waals surface area contributed by atoms with E-state index >= 15 is 0 Å². The lowest BCUT2D eigenvalue weighted by Gasteiger charge is -2.43. The number of aromatic nitrogens is 1. The van der Waals surface area contributed by atoms with Crippen LogP contribution in [0.15, 0.2) is 30.5 Å². The zero-order valence-electron chi connectivity index (χ0n) is 15.3. The maximum absolute atomic E-state index is 6.18. The zero-order chi connectivity index (χ0) is 18.1. The van der Waals surface area contributed by atoms with Gasteiger partial charge in [0.15, 0.2) is 0 Å². The minimum absolute atomic E-state index is 0.631. The molecule has 1 aromatic heterocycles. The van der Waals surface area contributed by atoms with Crippen molar-refractivity contribution < 1.29 is 4.74 Å². The van der Waals surface area contributed by atoms with Crippen LogP contribution in [0.25, 0.3) is 0 Å². The molecule has 0 bridgehead atoms. The zero-order valence-corrected chi connectivity index (χ0v) is 16.1. The summed E-state index contributed by atoms with van der Waals surface area (Å²) in [6, 6.07) is 8.74. The van der Waals surface area contributed by atoms with Crippen LogP contribution in [-0.4, -0.2) is 55.3 Å². The van der Waals surface area contributed by atoms with Gasteiger partial charge in [-0.25, -0.2) is 4.98 Å². The highest BCUT2D eigenvalue weighted by Gasteiger charge is 2.28. The first kappa shape index (κ1) is 17.6. The highest BCUT2D eigenvalue weighted by atomic mass is 35.5. The minimum atomic E-state index is 0.631. The number of nitrogens with one attached hydrogen (secondary N) is 1. The number of nitrogens with zero attached hydrogens (tertiary/aromatic N) is 3. The number of hydrogen-bond acceptors (Lipinski definition) is 5. The first-order chi connectivity index (χ1) is 12.6. The minimum Gasteiger partial charge on any atom is -0.378 e. The molecular weight excluding hydrogens is 348 g/mol. The molecule has 5 nitrogen and oxygen atoms in total. The second-order valence-corrected chi connectivity index (χ2v) is 7.57. The van der Waals surface area contributed by atoms with E-state index in [4.69, 9.17) is 16.3 Å². The molecule has 0 amide bonds. The Balaban J connectivity index is 1.39. The van der Waals surface area contributed by atoms with Crippen molar-refractivity contribution in [2.24, 2.45) is 0 Å². The third-order valence-corrected chi connectivity index (χ3v) is 5.68. The number of piperazine rings is 1. The lowest BCUT2D eigenvalue weighted by atomic mass is 10.1. The van der Waals surface area contributed by atoms with Gasteiger partial charge in [0.05, 0.1) is 31.1 Å². The number of ether oxygens (including phenoxy) is 1. The number of halogens is 1. The van der Waals surface area contributed by atoms with Gasteiger partial charge in [0.1, 0.15) is 5.82 Å². The molecule has 138 valence electrons. The molecule has 2 aliphatic heterocycles. The molecule has 2 saturated heterocycles. The molecule has 2 aliphatic rings. The fourth-order valence-corrected chi connectivity index (χ4v) is 3.78. The summed E-state index contributed by atoms with van der Waals surface area (Å²) in [5.74, 6) is 0.837. The van der Waals surface area contributed by atoms with Crippen LogP contribution in [0.5, 0.6) is 0 Å². The van der Waals surface area contributed by atoms with Crippen molar-refractivity contribution in [2.45, 2.75) is 19.9 Å². The summed E-state index contributed by atoms with van der Waals surface area (Å²) in [7, 11) is 0.